The molecule has 0 unspecified atom stereocenters. The molecule has 1 N–H and O–H groups in total. The molecule has 0 saturated carbocycles. The Kier molecular flexibility index (Phi) is 8.35. The zero-order valence-electron chi connectivity index (χ0n) is 22.4. The molecule has 2 aliphatic rings. The second kappa shape index (κ2) is 11.9. The predicted octanol–water partition coefficient (Wildman–Crippen LogP) is 6.32. The number of halogens is 3. The van der Waals surface area contributed by atoms with E-state index in [-0.39, 0.29) is 17.7 Å². The number of Topliss-reactive ketones (excluding diaryl/α,β-unsaturated/α-hetero) is 1. The quantitative estimate of drug-likeness (QED) is 0.301. The first-order valence-electron chi connectivity index (χ1n) is 14.0. The number of alkyl halides is 3. The highest BCUT2D eigenvalue weighted by Gasteiger charge is 2.48. The fraction of sp³-hybridized carbons (Fsp3) is 0.406. The minimum absolute atomic E-state index is 0.0848. The van der Waals surface area contributed by atoms with Crippen molar-refractivity contribution in [3.63, 3.8) is 0 Å². The van der Waals surface area contributed by atoms with Crippen LogP contribution in [-0.4, -0.2) is 53.4 Å². The van der Waals surface area contributed by atoms with Gasteiger partial charge in [0.25, 0.3) is 5.91 Å². The average molecular weight is 550 g/mol. The lowest BCUT2D eigenvalue weighted by atomic mass is 9.70. The van der Waals surface area contributed by atoms with Crippen molar-refractivity contribution in [3.05, 3.63) is 89.7 Å². The summed E-state index contributed by atoms with van der Waals surface area (Å²) in [7, 11) is 0. The Morgan fingerprint density at radius 3 is 2.10 bits per heavy atom. The molecule has 5 rings (SSSR count). The fourth-order valence-corrected chi connectivity index (χ4v) is 6.30. The number of hydrogen-bond donors (Lipinski definition) is 1. The number of fused-ring (bicyclic) bond motifs is 3. The molecule has 2 heterocycles. The summed E-state index contributed by atoms with van der Waals surface area (Å²) in [4.78, 5) is 32.5. The van der Waals surface area contributed by atoms with E-state index < -0.39 is 24.4 Å². The van der Waals surface area contributed by atoms with Gasteiger partial charge in [-0.05, 0) is 66.6 Å². The largest absolute Gasteiger partial charge is 0.389 e. The van der Waals surface area contributed by atoms with Crippen molar-refractivity contribution in [1.29, 1.82) is 0 Å². The Morgan fingerprint density at radius 1 is 0.900 bits per heavy atom. The van der Waals surface area contributed by atoms with Crippen molar-refractivity contribution in [1.82, 2.24) is 15.2 Å². The number of ketones is 1. The molecule has 1 saturated heterocycles. The lowest BCUT2D eigenvalue weighted by Gasteiger charge is -2.33. The normalized spacial score (nSPS) is 16.8. The molecule has 0 spiro atoms. The van der Waals surface area contributed by atoms with E-state index in [9.17, 15) is 22.8 Å². The van der Waals surface area contributed by atoms with Gasteiger partial charge >= 0.3 is 6.18 Å². The second-order valence-corrected chi connectivity index (χ2v) is 10.8. The number of carbonyl (C=O) groups excluding carboxylic acids is 2. The molecular formula is C32H34F3N3O2. The molecule has 1 amide bonds. The van der Waals surface area contributed by atoms with Gasteiger partial charge in [-0.25, -0.2) is 0 Å². The van der Waals surface area contributed by atoms with Crippen LogP contribution in [0.25, 0.3) is 11.1 Å². The zero-order chi connectivity index (χ0) is 28.2. The summed E-state index contributed by atoms with van der Waals surface area (Å²) in [6.45, 7) is 2.58. The molecule has 40 heavy (non-hydrogen) atoms. The van der Waals surface area contributed by atoms with Crippen LogP contribution in [0, 0.1) is 0 Å². The SMILES string of the molecule is O=C(NC1CCN(CCCCC2(C(=O)CCC(F)(F)F)c3ccccc3-c3ccccc32)CC1)c1ccncc1. The third-order valence-corrected chi connectivity index (χ3v) is 8.32. The van der Waals surface area contributed by atoms with E-state index in [0.717, 1.165) is 67.6 Å². The first-order valence-corrected chi connectivity index (χ1v) is 14.0. The number of piperidine rings is 1. The van der Waals surface area contributed by atoms with Gasteiger partial charge in [-0.15, -0.1) is 0 Å². The van der Waals surface area contributed by atoms with E-state index in [1.54, 1.807) is 24.5 Å². The molecule has 1 aliphatic carbocycles. The van der Waals surface area contributed by atoms with Gasteiger partial charge in [0.2, 0.25) is 0 Å². The number of amides is 1. The van der Waals surface area contributed by atoms with Gasteiger partial charge in [0, 0.05) is 43.5 Å². The standard InChI is InChI=1S/C32H34F3N3O2/c33-32(34,35)17-11-29(39)31(27-9-3-1-7-25(27)26-8-2-4-10-28(26)31)16-5-6-20-38-21-14-24(15-22-38)37-30(40)23-12-18-36-19-13-23/h1-4,7-10,12-13,18-19,24H,5-6,11,14-17,20-22H2,(H,37,40). The Balaban J connectivity index is 1.21. The number of hydrogen-bond acceptors (Lipinski definition) is 4. The number of benzene rings is 2. The van der Waals surface area contributed by atoms with Crippen molar-refractivity contribution in [2.24, 2.45) is 0 Å². The van der Waals surface area contributed by atoms with Crippen molar-refractivity contribution >= 4 is 11.7 Å². The number of unbranched alkanes of at least 4 members (excludes halogenated alkanes) is 1. The van der Waals surface area contributed by atoms with Crippen LogP contribution in [0.3, 0.4) is 0 Å². The van der Waals surface area contributed by atoms with E-state index in [2.05, 4.69) is 15.2 Å². The molecule has 2 aromatic carbocycles. The van der Waals surface area contributed by atoms with Crippen molar-refractivity contribution in [3.8, 4) is 11.1 Å². The highest BCUT2D eigenvalue weighted by Crippen LogP contribution is 2.52. The lowest BCUT2D eigenvalue weighted by Crippen LogP contribution is -2.44. The number of pyridine rings is 1. The van der Waals surface area contributed by atoms with Gasteiger partial charge in [-0.3, -0.25) is 14.6 Å². The molecule has 8 heteroatoms. The Hall–Kier alpha value is -3.52. The van der Waals surface area contributed by atoms with E-state index in [1.807, 2.05) is 48.5 Å². The van der Waals surface area contributed by atoms with Gasteiger partial charge in [-0.2, -0.15) is 13.2 Å². The van der Waals surface area contributed by atoms with E-state index >= 15 is 0 Å². The molecule has 1 aromatic heterocycles. The van der Waals surface area contributed by atoms with Gasteiger partial charge < -0.3 is 10.2 Å². The van der Waals surface area contributed by atoms with Crippen molar-refractivity contribution in [2.45, 2.75) is 62.6 Å². The highest BCUT2D eigenvalue weighted by molar-refractivity contribution is 6.01. The zero-order valence-corrected chi connectivity index (χ0v) is 22.4. The summed E-state index contributed by atoms with van der Waals surface area (Å²) in [6, 6.07) is 18.8. The number of nitrogens with one attached hydrogen (secondary N) is 1. The average Bonchev–Trinajstić information content (AvgIpc) is 3.26. The maximum Gasteiger partial charge on any atom is 0.389 e. The minimum Gasteiger partial charge on any atom is -0.349 e. The molecular weight excluding hydrogens is 515 g/mol. The summed E-state index contributed by atoms with van der Waals surface area (Å²) in [6.07, 6.45) is 0.966. The van der Waals surface area contributed by atoms with E-state index in [4.69, 9.17) is 0 Å². The lowest BCUT2D eigenvalue weighted by molar-refractivity contribution is -0.145. The van der Waals surface area contributed by atoms with Crippen LogP contribution in [0.2, 0.25) is 0 Å². The molecule has 5 nitrogen and oxygen atoms in total. The molecule has 1 aliphatic heterocycles. The molecule has 0 radical (unpaired) electrons. The van der Waals surface area contributed by atoms with Crippen LogP contribution in [0.4, 0.5) is 13.2 Å². The predicted molar refractivity (Wildman–Crippen MR) is 148 cm³/mol. The maximum atomic E-state index is 13.7. The first kappa shape index (κ1) is 28.0. The summed E-state index contributed by atoms with van der Waals surface area (Å²) < 4.78 is 39.4. The van der Waals surface area contributed by atoms with E-state index in [0.29, 0.717) is 12.0 Å². The van der Waals surface area contributed by atoms with Crippen molar-refractivity contribution in [2.75, 3.05) is 19.6 Å². The molecule has 1 fully saturated rings. The van der Waals surface area contributed by atoms with Gasteiger partial charge in [0.05, 0.1) is 11.8 Å². The number of rotatable bonds is 10. The van der Waals surface area contributed by atoms with Crippen LogP contribution in [0.5, 0.6) is 0 Å². The number of likely N-dealkylation sites (tertiary alicyclic amines) is 1. The molecule has 210 valence electrons. The van der Waals surface area contributed by atoms with Crippen LogP contribution < -0.4 is 5.32 Å². The Morgan fingerprint density at radius 2 is 1.50 bits per heavy atom. The monoisotopic (exact) mass is 549 g/mol. The first-order chi connectivity index (χ1) is 19.3. The highest BCUT2D eigenvalue weighted by atomic mass is 19.4. The number of aromatic nitrogens is 1. The van der Waals surface area contributed by atoms with Crippen LogP contribution in [0.1, 0.15) is 66.4 Å². The molecule has 0 atom stereocenters. The minimum atomic E-state index is -4.38. The second-order valence-electron chi connectivity index (χ2n) is 10.8. The summed E-state index contributed by atoms with van der Waals surface area (Å²) in [5.74, 6) is -0.438. The van der Waals surface area contributed by atoms with Crippen LogP contribution >= 0.6 is 0 Å². The number of nitrogens with zero attached hydrogens (tertiary/aromatic N) is 2. The van der Waals surface area contributed by atoms with Gasteiger partial charge in [-0.1, -0.05) is 55.0 Å². The molecule has 0 bridgehead atoms. The van der Waals surface area contributed by atoms with Crippen LogP contribution in [-0.2, 0) is 10.2 Å². The third-order valence-electron chi connectivity index (χ3n) is 8.32. The Labute approximate surface area is 232 Å². The smallest absolute Gasteiger partial charge is 0.349 e. The summed E-state index contributed by atoms with van der Waals surface area (Å²) in [5.41, 5.74) is 3.08. The van der Waals surface area contributed by atoms with Gasteiger partial charge in [0.15, 0.2) is 0 Å². The fourth-order valence-electron chi connectivity index (χ4n) is 6.30. The van der Waals surface area contributed by atoms with E-state index in [1.165, 1.54) is 0 Å². The van der Waals surface area contributed by atoms with Gasteiger partial charge in [0.1, 0.15) is 5.78 Å². The summed E-state index contributed by atoms with van der Waals surface area (Å²) >= 11 is 0. The maximum absolute atomic E-state index is 13.7. The Bertz CT molecular complexity index is 1290. The third kappa shape index (κ3) is 5.97. The number of carbonyl (C=O) groups is 2. The topological polar surface area (TPSA) is 62.3 Å². The van der Waals surface area contributed by atoms with Crippen molar-refractivity contribution < 1.29 is 22.8 Å². The molecule has 3 aromatic rings. The van der Waals surface area contributed by atoms with Crippen LogP contribution in [0.15, 0.2) is 73.1 Å². The summed E-state index contributed by atoms with van der Waals surface area (Å²) in [5, 5.41) is 3.11.